The molecule has 0 aliphatic carbocycles. The molecule has 4 rings (SSSR count). The van der Waals surface area contributed by atoms with E-state index < -0.39 is 0 Å². The monoisotopic (exact) mass is 360 g/mol. The van der Waals surface area contributed by atoms with Crippen LogP contribution in [-0.4, -0.2) is 47.1 Å². The van der Waals surface area contributed by atoms with Crippen LogP contribution in [0.2, 0.25) is 0 Å². The summed E-state index contributed by atoms with van der Waals surface area (Å²) in [7, 11) is 0. The number of anilines is 1. The Morgan fingerprint density at radius 2 is 1.56 bits per heavy atom. The van der Waals surface area contributed by atoms with Crippen LogP contribution in [0.4, 0.5) is 5.82 Å². The van der Waals surface area contributed by atoms with Gasteiger partial charge in [0.25, 0.3) is 0 Å². The van der Waals surface area contributed by atoms with Crippen molar-refractivity contribution in [3.8, 4) is 5.69 Å². The fourth-order valence-corrected chi connectivity index (χ4v) is 3.68. The van der Waals surface area contributed by atoms with Gasteiger partial charge in [0.2, 0.25) is 0 Å². The first-order valence-corrected chi connectivity index (χ1v) is 9.37. The van der Waals surface area contributed by atoms with Crippen LogP contribution in [0.15, 0.2) is 60.7 Å². The summed E-state index contributed by atoms with van der Waals surface area (Å²) in [5, 5.41) is 4.64. The van der Waals surface area contributed by atoms with Crippen molar-refractivity contribution in [2.24, 2.45) is 0 Å². The zero-order chi connectivity index (χ0) is 18.6. The Kier molecular flexibility index (Phi) is 5.03. The van der Waals surface area contributed by atoms with E-state index in [1.807, 2.05) is 41.9 Å². The number of aryl methyl sites for hydroxylation is 1. The minimum Gasteiger partial charge on any atom is -0.353 e. The maximum Gasteiger partial charge on any atom is 0.155 e. The summed E-state index contributed by atoms with van der Waals surface area (Å²) in [6, 6.07) is 20.6. The van der Waals surface area contributed by atoms with Crippen molar-refractivity contribution < 1.29 is 4.79 Å². The maximum absolute atomic E-state index is 11.8. The van der Waals surface area contributed by atoms with Gasteiger partial charge >= 0.3 is 0 Å². The number of para-hydroxylation sites is 1. The number of nitrogens with zero attached hydrogens (tertiary/aromatic N) is 4. The number of aldehydes is 1. The van der Waals surface area contributed by atoms with E-state index in [1.54, 1.807) is 0 Å². The molecular formula is C22H24N4O. The van der Waals surface area contributed by atoms with Gasteiger partial charge < -0.3 is 4.90 Å². The van der Waals surface area contributed by atoms with Gasteiger partial charge in [-0.1, -0.05) is 48.5 Å². The van der Waals surface area contributed by atoms with Crippen LogP contribution in [0.25, 0.3) is 5.69 Å². The van der Waals surface area contributed by atoms with Crippen molar-refractivity contribution in [1.82, 2.24) is 14.7 Å². The van der Waals surface area contributed by atoms with E-state index in [1.165, 1.54) is 5.56 Å². The molecule has 138 valence electrons. The quantitative estimate of drug-likeness (QED) is 0.655. The van der Waals surface area contributed by atoms with Crippen molar-refractivity contribution in [3.63, 3.8) is 0 Å². The van der Waals surface area contributed by atoms with Crippen LogP contribution >= 0.6 is 0 Å². The van der Waals surface area contributed by atoms with Gasteiger partial charge in [-0.3, -0.25) is 9.69 Å². The number of carbonyl (C=O) groups excluding carboxylic acids is 1. The van der Waals surface area contributed by atoms with Gasteiger partial charge in [0.1, 0.15) is 5.82 Å². The van der Waals surface area contributed by atoms with Crippen molar-refractivity contribution in [1.29, 1.82) is 0 Å². The molecule has 27 heavy (non-hydrogen) atoms. The van der Waals surface area contributed by atoms with Crippen LogP contribution in [0.1, 0.15) is 21.6 Å². The molecule has 0 bridgehead atoms. The number of hydrogen-bond donors (Lipinski definition) is 0. The molecule has 2 aromatic carbocycles. The minimum absolute atomic E-state index is 0.690. The lowest BCUT2D eigenvalue weighted by Crippen LogP contribution is -2.46. The molecule has 1 aromatic heterocycles. The van der Waals surface area contributed by atoms with Crippen molar-refractivity contribution in [3.05, 3.63) is 77.5 Å². The molecule has 0 atom stereocenters. The summed E-state index contributed by atoms with van der Waals surface area (Å²) in [5.41, 5.74) is 3.78. The average molecular weight is 360 g/mol. The van der Waals surface area contributed by atoms with E-state index >= 15 is 0 Å². The second-order valence-electron chi connectivity index (χ2n) is 6.94. The first-order valence-electron chi connectivity index (χ1n) is 9.37. The molecule has 0 N–H and O–H groups in total. The molecule has 1 fully saturated rings. The van der Waals surface area contributed by atoms with Crippen LogP contribution in [-0.2, 0) is 6.54 Å². The van der Waals surface area contributed by atoms with Crippen molar-refractivity contribution >= 4 is 12.1 Å². The fraction of sp³-hybridized carbons (Fsp3) is 0.273. The minimum atomic E-state index is 0.690. The van der Waals surface area contributed by atoms with Gasteiger partial charge in [-0.15, -0.1) is 0 Å². The molecule has 1 aliphatic heterocycles. The molecule has 1 aliphatic rings. The summed E-state index contributed by atoms with van der Waals surface area (Å²) in [4.78, 5) is 16.5. The van der Waals surface area contributed by atoms with E-state index in [9.17, 15) is 4.79 Å². The summed E-state index contributed by atoms with van der Waals surface area (Å²) >= 11 is 0. The van der Waals surface area contributed by atoms with Gasteiger partial charge in [0, 0.05) is 32.7 Å². The van der Waals surface area contributed by atoms with Gasteiger partial charge in [0.05, 0.1) is 16.9 Å². The molecule has 5 nitrogen and oxygen atoms in total. The van der Waals surface area contributed by atoms with Crippen LogP contribution in [0.5, 0.6) is 0 Å². The number of benzene rings is 2. The Morgan fingerprint density at radius 3 is 2.19 bits per heavy atom. The van der Waals surface area contributed by atoms with E-state index in [0.29, 0.717) is 5.56 Å². The molecule has 1 saturated heterocycles. The summed E-state index contributed by atoms with van der Waals surface area (Å²) < 4.78 is 1.91. The van der Waals surface area contributed by atoms with Gasteiger partial charge in [-0.05, 0) is 24.6 Å². The Morgan fingerprint density at radius 1 is 0.926 bits per heavy atom. The molecule has 0 saturated carbocycles. The highest BCUT2D eigenvalue weighted by Crippen LogP contribution is 2.27. The molecular weight excluding hydrogens is 336 g/mol. The van der Waals surface area contributed by atoms with Gasteiger partial charge in [-0.2, -0.15) is 5.10 Å². The third kappa shape index (κ3) is 3.64. The van der Waals surface area contributed by atoms with E-state index in [2.05, 4.69) is 45.2 Å². The van der Waals surface area contributed by atoms with Crippen LogP contribution < -0.4 is 4.90 Å². The van der Waals surface area contributed by atoms with Crippen molar-refractivity contribution in [2.45, 2.75) is 13.5 Å². The topological polar surface area (TPSA) is 41.4 Å². The number of aromatic nitrogens is 2. The molecule has 0 unspecified atom stereocenters. The second-order valence-corrected chi connectivity index (χ2v) is 6.94. The molecule has 3 aromatic rings. The van der Waals surface area contributed by atoms with Crippen LogP contribution in [0.3, 0.4) is 0 Å². The normalized spacial score (nSPS) is 15.1. The highest BCUT2D eigenvalue weighted by atomic mass is 16.1. The zero-order valence-corrected chi connectivity index (χ0v) is 15.6. The molecule has 2 heterocycles. The fourth-order valence-electron chi connectivity index (χ4n) is 3.68. The third-order valence-electron chi connectivity index (χ3n) is 5.12. The van der Waals surface area contributed by atoms with Gasteiger partial charge in [-0.25, -0.2) is 4.68 Å². The summed E-state index contributed by atoms with van der Waals surface area (Å²) in [5.74, 6) is 0.910. The number of piperazine rings is 1. The standard InChI is InChI=1S/C22H24N4O/c1-18-21(17-27)22(26(23-18)20-10-6-3-7-11-20)25-14-12-24(13-15-25)16-19-8-4-2-5-9-19/h2-11,17H,12-16H2,1H3. The van der Waals surface area contributed by atoms with Gasteiger partial charge in [0.15, 0.2) is 6.29 Å². The first kappa shape index (κ1) is 17.5. The highest BCUT2D eigenvalue weighted by molar-refractivity contribution is 5.85. The smallest absolute Gasteiger partial charge is 0.155 e. The Labute approximate surface area is 159 Å². The summed E-state index contributed by atoms with van der Waals surface area (Å²) in [6.07, 6.45) is 0.938. The third-order valence-corrected chi connectivity index (χ3v) is 5.12. The van der Waals surface area contributed by atoms with E-state index in [4.69, 9.17) is 0 Å². The number of rotatable bonds is 5. The Hall–Kier alpha value is -2.92. The van der Waals surface area contributed by atoms with Crippen molar-refractivity contribution in [2.75, 3.05) is 31.1 Å². The predicted molar refractivity (Wildman–Crippen MR) is 108 cm³/mol. The Balaban J connectivity index is 1.55. The lowest BCUT2D eigenvalue weighted by Gasteiger charge is -2.36. The lowest BCUT2D eigenvalue weighted by molar-refractivity contribution is 0.112. The average Bonchev–Trinajstić information content (AvgIpc) is 3.06. The lowest BCUT2D eigenvalue weighted by atomic mass is 10.2. The largest absolute Gasteiger partial charge is 0.353 e. The van der Waals surface area contributed by atoms with E-state index in [0.717, 1.165) is 56.2 Å². The number of carbonyl (C=O) groups is 1. The number of hydrogen-bond acceptors (Lipinski definition) is 4. The first-order chi connectivity index (χ1) is 13.3. The molecule has 0 spiro atoms. The van der Waals surface area contributed by atoms with E-state index in [-0.39, 0.29) is 0 Å². The van der Waals surface area contributed by atoms with Crippen LogP contribution in [0, 0.1) is 6.92 Å². The molecule has 0 amide bonds. The predicted octanol–water partition coefficient (Wildman–Crippen LogP) is 3.32. The molecule has 0 radical (unpaired) electrons. The Bertz CT molecular complexity index is 897. The highest BCUT2D eigenvalue weighted by Gasteiger charge is 2.25. The summed E-state index contributed by atoms with van der Waals surface area (Å²) in [6.45, 7) is 6.56. The zero-order valence-electron chi connectivity index (χ0n) is 15.6. The SMILES string of the molecule is Cc1nn(-c2ccccc2)c(N2CCN(Cc3ccccc3)CC2)c1C=O. The maximum atomic E-state index is 11.8. The molecule has 5 heteroatoms. The second kappa shape index (κ2) is 7.76.